The molecule has 3 N–H and O–H groups in total. The molecular weight excluding hydrogens is 451 g/mol. The van der Waals surface area contributed by atoms with E-state index < -0.39 is 29.2 Å². The zero-order valence-electron chi connectivity index (χ0n) is 18.0. The number of ether oxygens (including phenoxy) is 1. The van der Waals surface area contributed by atoms with Crippen molar-refractivity contribution < 1.29 is 28.9 Å². The van der Waals surface area contributed by atoms with E-state index in [9.17, 15) is 24.2 Å². The van der Waals surface area contributed by atoms with Crippen molar-refractivity contribution >= 4 is 34.4 Å². The fraction of sp³-hybridized carbons (Fsp3) is 0.333. The van der Waals surface area contributed by atoms with Crippen molar-refractivity contribution in [2.45, 2.75) is 24.3 Å². The number of amides is 1. The van der Waals surface area contributed by atoms with Gasteiger partial charge in [0.05, 0.1) is 28.6 Å². The number of carbonyl (C=O) groups is 2. The van der Waals surface area contributed by atoms with E-state index >= 15 is 0 Å². The number of carbonyl (C=O) groups excluding carboxylic acids is 1. The summed E-state index contributed by atoms with van der Waals surface area (Å²) >= 11 is 6.05. The number of halogens is 2. The van der Waals surface area contributed by atoms with Gasteiger partial charge in [-0.25, -0.2) is 4.39 Å². The van der Waals surface area contributed by atoms with Crippen LogP contribution in [0.25, 0.3) is 10.9 Å². The van der Waals surface area contributed by atoms with Crippen molar-refractivity contribution in [2.75, 3.05) is 19.8 Å². The molecule has 3 aromatic rings. The van der Waals surface area contributed by atoms with Crippen molar-refractivity contribution in [1.82, 2.24) is 9.88 Å². The van der Waals surface area contributed by atoms with Crippen LogP contribution in [0, 0.1) is 5.82 Å². The lowest BCUT2D eigenvalue weighted by Gasteiger charge is -2.33. The highest BCUT2D eigenvalue weighted by atomic mass is 35.5. The number of benzene rings is 2. The Labute approximate surface area is 194 Å². The van der Waals surface area contributed by atoms with Crippen molar-refractivity contribution in [3.63, 3.8) is 0 Å². The quantitative estimate of drug-likeness (QED) is 0.507. The Morgan fingerprint density at radius 1 is 1.21 bits per heavy atom. The van der Waals surface area contributed by atoms with E-state index in [4.69, 9.17) is 16.3 Å². The third-order valence-electron chi connectivity index (χ3n) is 6.46. The molecule has 4 rings (SSSR count). The van der Waals surface area contributed by atoms with E-state index in [2.05, 4.69) is 5.32 Å². The molecule has 0 saturated carbocycles. The van der Waals surface area contributed by atoms with Crippen LogP contribution in [-0.2, 0) is 22.0 Å². The lowest BCUT2D eigenvalue weighted by atomic mass is 9.74. The van der Waals surface area contributed by atoms with Crippen LogP contribution in [0.3, 0.4) is 0 Å². The van der Waals surface area contributed by atoms with Crippen LogP contribution in [0.1, 0.15) is 40.5 Å². The number of rotatable bonds is 6. The molecule has 0 spiro atoms. The number of aromatic nitrogens is 1. The Bertz CT molecular complexity index is 1200. The molecule has 1 aliphatic rings. The summed E-state index contributed by atoms with van der Waals surface area (Å²) in [7, 11) is 1.67. The maximum Gasteiger partial charge on any atom is 0.314 e. The number of carboxylic acid groups (broad SMARTS) is 1. The number of aliphatic carboxylic acids is 1. The maximum atomic E-state index is 13.8. The van der Waals surface area contributed by atoms with Gasteiger partial charge in [0, 0.05) is 25.6 Å². The number of aryl methyl sites for hydroxylation is 1. The molecule has 0 bridgehead atoms. The molecule has 1 saturated heterocycles. The Hall–Kier alpha value is -2.94. The highest BCUT2D eigenvalue weighted by Gasteiger charge is 2.41. The van der Waals surface area contributed by atoms with Gasteiger partial charge in [0.1, 0.15) is 11.5 Å². The predicted octanol–water partition coefficient (Wildman–Crippen LogP) is 3.57. The van der Waals surface area contributed by atoms with Gasteiger partial charge in [-0.3, -0.25) is 9.59 Å². The van der Waals surface area contributed by atoms with Crippen molar-refractivity contribution in [3.05, 3.63) is 70.1 Å². The smallest absolute Gasteiger partial charge is 0.314 e. The summed E-state index contributed by atoms with van der Waals surface area (Å²) < 4.78 is 20.7. The van der Waals surface area contributed by atoms with Gasteiger partial charge in [0.25, 0.3) is 5.91 Å². The van der Waals surface area contributed by atoms with Gasteiger partial charge >= 0.3 is 5.97 Å². The number of carboxylic acids is 1. The molecule has 1 atom stereocenters. The van der Waals surface area contributed by atoms with Gasteiger partial charge in [-0.1, -0.05) is 35.9 Å². The number of nitrogens with zero attached hydrogens (tertiary/aromatic N) is 1. The Kier molecular flexibility index (Phi) is 6.43. The molecule has 7 nitrogen and oxygen atoms in total. The molecule has 0 radical (unpaired) electrons. The van der Waals surface area contributed by atoms with Gasteiger partial charge in [-0.2, -0.15) is 0 Å². The van der Waals surface area contributed by atoms with Crippen LogP contribution in [0.4, 0.5) is 4.39 Å². The number of hydrogen-bond acceptors (Lipinski definition) is 4. The lowest BCUT2D eigenvalue weighted by molar-refractivity contribution is -0.147. The summed E-state index contributed by atoms with van der Waals surface area (Å²) in [6.45, 7) is 0.396. The number of nitrogens with one attached hydrogen (secondary N) is 1. The average Bonchev–Trinajstić information content (AvgIpc) is 3.17. The number of aliphatic hydroxyl groups excluding tert-OH is 1. The minimum atomic E-state index is -1.01. The number of aliphatic hydroxyl groups is 1. The van der Waals surface area contributed by atoms with E-state index in [1.807, 2.05) is 0 Å². The highest BCUT2D eigenvalue weighted by Crippen LogP contribution is 2.36. The normalized spacial score (nSPS) is 16.5. The van der Waals surface area contributed by atoms with Crippen LogP contribution >= 0.6 is 11.6 Å². The molecular formula is C24H24ClFN2O5. The predicted molar refractivity (Wildman–Crippen MR) is 121 cm³/mol. The topological polar surface area (TPSA) is 101 Å². The lowest BCUT2D eigenvalue weighted by Crippen LogP contribution is -2.41. The van der Waals surface area contributed by atoms with Gasteiger partial charge in [0.2, 0.25) is 0 Å². The molecule has 0 aliphatic carbocycles. The molecule has 1 aromatic heterocycles. The largest absolute Gasteiger partial charge is 0.481 e. The summed E-state index contributed by atoms with van der Waals surface area (Å²) in [5.41, 5.74) is 1.15. The van der Waals surface area contributed by atoms with Crippen LogP contribution in [-0.4, -0.2) is 46.5 Å². The second-order valence-corrected chi connectivity index (χ2v) is 8.59. The summed E-state index contributed by atoms with van der Waals surface area (Å²) in [6, 6.07) is 10.5. The zero-order valence-corrected chi connectivity index (χ0v) is 18.7. The molecule has 1 amide bonds. The third-order valence-corrected chi connectivity index (χ3v) is 6.84. The second-order valence-electron chi connectivity index (χ2n) is 8.21. The van der Waals surface area contributed by atoms with Crippen LogP contribution < -0.4 is 5.32 Å². The van der Waals surface area contributed by atoms with Crippen LogP contribution in [0.2, 0.25) is 5.02 Å². The molecule has 2 aromatic carbocycles. The van der Waals surface area contributed by atoms with E-state index in [1.165, 1.54) is 12.1 Å². The van der Waals surface area contributed by atoms with Crippen LogP contribution in [0.5, 0.6) is 0 Å². The first-order valence-electron chi connectivity index (χ1n) is 10.5. The van der Waals surface area contributed by atoms with Crippen molar-refractivity contribution in [2.24, 2.45) is 7.05 Å². The summed E-state index contributed by atoms with van der Waals surface area (Å²) in [5, 5.41) is 22.9. The minimum absolute atomic E-state index is 0.0584. The fourth-order valence-corrected chi connectivity index (χ4v) is 4.63. The molecule has 1 fully saturated rings. The zero-order chi connectivity index (χ0) is 23.8. The van der Waals surface area contributed by atoms with Crippen molar-refractivity contribution in [1.29, 1.82) is 0 Å². The molecule has 33 heavy (non-hydrogen) atoms. The van der Waals surface area contributed by atoms with Crippen LogP contribution in [0.15, 0.2) is 42.5 Å². The van der Waals surface area contributed by atoms with E-state index in [1.54, 1.807) is 41.9 Å². The first kappa shape index (κ1) is 23.2. The average molecular weight is 475 g/mol. The fourth-order valence-electron chi connectivity index (χ4n) is 4.41. The molecule has 174 valence electrons. The molecule has 9 heteroatoms. The van der Waals surface area contributed by atoms with Gasteiger partial charge < -0.3 is 24.8 Å². The summed E-state index contributed by atoms with van der Waals surface area (Å²) in [6.07, 6.45) is 0.762. The van der Waals surface area contributed by atoms with Gasteiger partial charge in [-0.15, -0.1) is 0 Å². The van der Waals surface area contributed by atoms with Gasteiger partial charge in [-0.05, 0) is 42.2 Å². The summed E-state index contributed by atoms with van der Waals surface area (Å²) in [5.74, 6) is -1.92. The maximum absolute atomic E-state index is 13.8. The number of hydrogen-bond donors (Lipinski definition) is 3. The SMILES string of the molecule is Cn1c(C(=O)N[C@H](CO)c2ccc(C3(C(=O)O)CCOCC3)cc2)cc2c(Cl)c(F)ccc21. The van der Waals surface area contributed by atoms with E-state index in [0.717, 1.165) is 0 Å². The highest BCUT2D eigenvalue weighted by molar-refractivity contribution is 6.35. The van der Waals surface area contributed by atoms with E-state index in [0.29, 0.717) is 48.1 Å². The molecule has 2 heterocycles. The second kappa shape index (κ2) is 9.13. The Balaban J connectivity index is 1.58. The Morgan fingerprint density at radius 3 is 2.48 bits per heavy atom. The summed E-state index contributed by atoms with van der Waals surface area (Å²) in [4.78, 5) is 25.0. The first-order valence-corrected chi connectivity index (χ1v) is 10.9. The van der Waals surface area contributed by atoms with Crippen molar-refractivity contribution in [3.8, 4) is 0 Å². The number of fused-ring (bicyclic) bond motifs is 1. The standard InChI is InChI=1S/C24H24ClFN2O5/c1-28-19-7-6-17(26)21(25)16(19)12-20(28)22(30)27-18(13-29)14-2-4-15(5-3-14)24(23(31)32)8-10-33-11-9-24/h2-7,12,18,29H,8-11,13H2,1H3,(H,27,30)(H,31,32)/t18-/m1/s1. The minimum Gasteiger partial charge on any atom is -0.481 e. The molecule has 1 aliphatic heterocycles. The van der Waals surface area contributed by atoms with Gasteiger partial charge in [0.15, 0.2) is 0 Å². The monoisotopic (exact) mass is 474 g/mol. The third kappa shape index (κ3) is 4.10. The van der Waals surface area contributed by atoms with E-state index in [-0.39, 0.29) is 17.3 Å². The Morgan fingerprint density at radius 2 is 1.88 bits per heavy atom. The first-order chi connectivity index (χ1) is 15.8. The molecule has 0 unspecified atom stereocenters.